The van der Waals surface area contributed by atoms with E-state index in [0.717, 1.165) is 11.1 Å². The fraction of sp³-hybridized carbons (Fsp3) is 0.333. The number of hydrogen-bond acceptors (Lipinski definition) is 4. The van der Waals surface area contributed by atoms with Gasteiger partial charge in [-0.15, -0.1) is 0 Å². The first-order valence-electron chi connectivity index (χ1n) is 10.0. The Morgan fingerprint density at radius 2 is 1.03 bits per heavy atom. The predicted octanol–water partition coefficient (Wildman–Crippen LogP) is 7.78. The fourth-order valence-electron chi connectivity index (χ4n) is 3.44. The second-order valence-corrected chi connectivity index (χ2v) is 10.0. The Morgan fingerprint density at radius 1 is 0.656 bits per heavy atom. The lowest BCUT2D eigenvalue weighted by Crippen LogP contribution is -2.32. The zero-order valence-electron chi connectivity index (χ0n) is 18.0. The number of fused-ring (bicyclic) bond motifs is 2. The van der Waals surface area contributed by atoms with Crippen LogP contribution in [0, 0.1) is 0 Å². The maximum Gasteiger partial charge on any atom is 0.140 e. The van der Waals surface area contributed by atoms with Crippen LogP contribution in [0.1, 0.15) is 38.8 Å². The summed E-state index contributed by atoms with van der Waals surface area (Å²) in [6, 6.07) is 10.9. The van der Waals surface area contributed by atoms with Crippen molar-refractivity contribution in [3.8, 4) is 23.0 Å². The van der Waals surface area contributed by atoms with Crippen molar-refractivity contribution in [3.63, 3.8) is 0 Å². The van der Waals surface area contributed by atoms with Crippen molar-refractivity contribution < 1.29 is 18.9 Å². The van der Waals surface area contributed by atoms with E-state index in [1.165, 1.54) is 0 Å². The van der Waals surface area contributed by atoms with Crippen LogP contribution in [0.2, 0.25) is 0 Å². The highest BCUT2D eigenvalue weighted by atomic mass is 35.5. The molecule has 0 saturated carbocycles. The average molecular weight is 516 g/mol. The molecule has 0 atom stereocenters. The number of rotatable bonds is 5. The van der Waals surface area contributed by atoms with Gasteiger partial charge in [0.25, 0.3) is 0 Å². The average Bonchev–Trinajstić information content (AvgIpc) is 2.73. The number of benzene rings is 2. The molecule has 0 radical (unpaired) electrons. The third-order valence-corrected chi connectivity index (χ3v) is 7.44. The summed E-state index contributed by atoms with van der Waals surface area (Å²) >= 11 is 25.4. The quantitative estimate of drug-likeness (QED) is 0.381. The number of ether oxygens (including phenoxy) is 4. The summed E-state index contributed by atoms with van der Waals surface area (Å²) < 4.78 is 23.6. The minimum Gasteiger partial charge on any atom is -0.490 e. The van der Waals surface area contributed by atoms with Gasteiger partial charge < -0.3 is 18.9 Å². The maximum absolute atomic E-state index is 6.39. The van der Waals surface area contributed by atoms with Crippen molar-refractivity contribution in [3.05, 3.63) is 57.6 Å². The van der Waals surface area contributed by atoms with Crippen molar-refractivity contribution in [2.75, 3.05) is 13.2 Å². The van der Waals surface area contributed by atoms with E-state index in [2.05, 4.69) is 0 Å². The summed E-state index contributed by atoms with van der Waals surface area (Å²) in [6.45, 7) is 8.13. The van der Waals surface area contributed by atoms with Gasteiger partial charge in [0.05, 0.1) is 20.1 Å². The van der Waals surface area contributed by atoms with Gasteiger partial charge in [-0.3, -0.25) is 0 Å². The van der Waals surface area contributed by atoms with Crippen LogP contribution >= 0.6 is 46.4 Å². The molecule has 0 unspecified atom stereocenters. The minimum absolute atomic E-state index is 0.336. The lowest BCUT2D eigenvalue weighted by atomic mass is 10.0. The summed E-state index contributed by atoms with van der Waals surface area (Å²) in [5, 5.41) is 1.93. The van der Waals surface area contributed by atoms with Gasteiger partial charge in [0.1, 0.15) is 47.4 Å². The molecule has 4 rings (SSSR count). The Kier molecular flexibility index (Phi) is 6.28. The lowest BCUT2D eigenvalue weighted by Gasteiger charge is -2.32. The highest BCUT2D eigenvalue weighted by molar-refractivity contribution is 6.56. The van der Waals surface area contributed by atoms with Crippen LogP contribution in [-0.4, -0.2) is 24.4 Å². The Morgan fingerprint density at radius 3 is 1.41 bits per heavy atom. The smallest absolute Gasteiger partial charge is 0.140 e. The molecular weight excluding hydrogens is 494 g/mol. The molecule has 2 aliphatic heterocycles. The van der Waals surface area contributed by atoms with Crippen molar-refractivity contribution >= 4 is 56.5 Å². The molecule has 0 bridgehead atoms. The van der Waals surface area contributed by atoms with E-state index in [1.807, 2.05) is 52.0 Å². The van der Waals surface area contributed by atoms with E-state index in [4.69, 9.17) is 65.4 Å². The van der Waals surface area contributed by atoms with Gasteiger partial charge in [-0.25, -0.2) is 0 Å². The predicted molar refractivity (Wildman–Crippen MR) is 131 cm³/mol. The molecule has 0 amide bonds. The van der Waals surface area contributed by atoms with E-state index >= 15 is 0 Å². The first-order chi connectivity index (χ1) is 15.0. The van der Waals surface area contributed by atoms with E-state index in [0.29, 0.717) is 56.3 Å². The van der Waals surface area contributed by atoms with Crippen LogP contribution in [0.5, 0.6) is 23.0 Å². The Bertz CT molecular complexity index is 1050. The Balaban J connectivity index is 1.38. The fourth-order valence-corrected chi connectivity index (χ4v) is 4.49. The molecule has 170 valence electrons. The topological polar surface area (TPSA) is 36.9 Å². The molecule has 2 aliphatic rings. The van der Waals surface area contributed by atoms with Gasteiger partial charge in [0.15, 0.2) is 0 Å². The Labute approximate surface area is 207 Å². The van der Waals surface area contributed by atoms with Crippen LogP contribution in [-0.2, 0) is 0 Å². The van der Waals surface area contributed by atoms with Gasteiger partial charge in [-0.1, -0.05) is 46.4 Å². The second kappa shape index (κ2) is 8.57. The van der Waals surface area contributed by atoms with Crippen LogP contribution in [0.3, 0.4) is 0 Å². The zero-order chi connectivity index (χ0) is 23.3. The number of hydrogen-bond donors (Lipinski definition) is 0. The molecule has 0 aromatic heterocycles. The molecule has 2 aromatic rings. The summed E-state index contributed by atoms with van der Waals surface area (Å²) in [5.74, 6) is 2.54. The molecule has 0 aliphatic carbocycles. The third-order valence-electron chi connectivity index (χ3n) is 5.17. The Hall–Kier alpha value is -1.72. The molecule has 4 nitrogen and oxygen atoms in total. The number of halogens is 4. The van der Waals surface area contributed by atoms with E-state index in [9.17, 15) is 0 Å². The maximum atomic E-state index is 6.39. The van der Waals surface area contributed by atoms with Crippen LogP contribution in [0.4, 0.5) is 0 Å². The van der Waals surface area contributed by atoms with Crippen molar-refractivity contribution in [1.29, 1.82) is 0 Å². The summed E-state index contributed by atoms with van der Waals surface area (Å²) in [4.78, 5) is 0. The molecular formula is C24H22Cl4O4. The van der Waals surface area contributed by atoms with Crippen molar-refractivity contribution in [1.82, 2.24) is 0 Å². The largest absolute Gasteiger partial charge is 0.490 e. The summed E-state index contributed by atoms with van der Waals surface area (Å²) in [6.07, 6.45) is 0. The third kappa shape index (κ3) is 4.38. The highest BCUT2D eigenvalue weighted by Gasteiger charge is 2.35. The SMILES string of the molecule is CC1(C)Oc2cc(OCCOc3ccc4c(c3)OC(C)(C)C(Cl)=C4Cl)ccc2C(Cl)=C1Cl. The lowest BCUT2D eigenvalue weighted by molar-refractivity contribution is 0.151. The van der Waals surface area contributed by atoms with Gasteiger partial charge in [-0.05, 0) is 52.0 Å². The molecule has 2 aromatic carbocycles. The molecule has 2 heterocycles. The minimum atomic E-state index is -0.696. The molecule has 0 fully saturated rings. The molecule has 0 N–H and O–H groups in total. The van der Waals surface area contributed by atoms with E-state index < -0.39 is 11.2 Å². The summed E-state index contributed by atoms with van der Waals surface area (Å²) in [5.41, 5.74) is 0.0890. The normalized spacial score (nSPS) is 18.4. The first-order valence-corrected chi connectivity index (χ1v) is 11.5. The zero-order valence-corrected chi connectivity index (χ0v) is 21.0. The highest BCUT2D eigenvalue weighted by Crippen LogP contribution is 2.46. The molecule has 32 heavy (non-hydrogen) atoms. The van der Waals surface area contributed by atoms with Crippen molar-refractivity contribution in [2.24, 2.45) is 0 Å². The van der Waals surface area contributed by atoms with E-state index in [-0.39, 0.29) is 0 Å². The molecule has 0 spiro atoms. The van der Waals surface area contributed by atoms with Crippen LogP contribution in [0.25, 0.3) is 10.1 Å². The van der Waals surface area contributed by atoms with Gasteiger partial charge in [0.2, 0.25) is 0 Å². The molecule has 8 heteroatoms. The first kappa shape index (κ1) is 23.4. The van der Waals surface area contributed by atoms with Crippen LogP contribution in [0.15, 0.2) is 46.5 Å². The summed E-state index contributed by atoms with van der Waals surface area (Å²) in [7, 11) is 0. The second-order valence-electron chi connectivity index (χ2n) is 8.49. The van der Waals surface area contributed by atoms with Crippen LogP contribution < -0.4 is 18.9 Å². The van der Waals surface area contributed by atoms with Gasteiger partial charge >= 0.3 is 0 Å². The van der Waals surface area contributed by atoms with Gasteiger partial charge in [0, 0.05) is 23.3 Å². The molecule has 0 saturated heterocycles. The standard InChI is InChI=1S/C24H22Cl4O4/c1-23(2)21(27)19(25)15-7-5-13(11-17(15)31-23)29-9-10-30-14-6-8-16-18(12-14)32-24(3,4)22(28)20(16)26/h5-8,11-12H,9-10H2,1-4H3. The monoisotopic (exact) mass is 514 g/mol. The van der Waals surface area contributed by atoms with Gasteiger partial charge in [-0.2, -0.15) is 0 Å². The van der Waals surface area contributed by atoms with Crippen molar-refractivity contribution in [2.45, 2.75) is 38.9 Å². The van der Waals surface area contributed by atoms with E-state index in [1.54, 1.807) is 12.1 Å².